The highest BCUT2D eigenvalue weighted by atomic mass is 16.6. The van der Waals surface area contributed by atoms with Crippen molar-refractivity contribution in [3.05, 3.63) is 63.8 Å². The molecule has 6 nitrogen and oxygen atoms in total. The third-order valence-electron chi connectivity index (χ3n) is 3.03. The summed E-state index contributed by atoms with van der Waals surface area (Å²) < 4.78 is 0. The predicted molar refractivity (Wildman–Crippen MR) is 82.1 cm³/mol. The van der Waals surface area contributed by atoms with Gasteiger partial charge in [-0.1, -0.05) is 24.3 Å². The summed E-state index contributed by atoms with van der Waals surface area (Å²) in [4.78, 5) is 16.7. The molecule has 0 spiro atoms. The average molecular weight is 286 g/mol. The second kappa shape index (κ2) is 6.81. The number of pyridine rings is 1. The molecular weight excluding hydrogens is 268 g/mol. The molecule has 0 aliphatic heterocycles. The summed E-state index contributed by atoms with van der Waals surface area (Å²) in [5.41, 5.74) is 2.28. The molecule has 0 aliphatic carbocycles. The van der Waals surface area contributed by atoms with Crippen molar-refractivity contribution >= 4 is 11.5 Å². The topological polar surface area (TPSA) is 71.3 Å². The van der Waals surface area contributed by atoms with Crippen molar-refractivity contribution in [3.63, 3.8) is 0 Å². The van der Waals surface area contributed by atoms with Gasteiger partial charge in [0.15, 0.2) is 0 Å². The fourth-order valence-corrected chi connectivity index (χ4v) is 2.08. The Hall–Kier alpha value is -2.47. The Balaban J connectivity index is 2.15. The first-order valence-corrected chi connectivity index (χ1v) is 6.62. The number of aromatic nitrogens is 1. The van der Waals surface area contributed by atoms with E-state index in [0.29, 0.717) is 12.4 Å². The Morgan fingerprint density at radius 3 is 2.57 bits per heavy atom. The van der Waals surface area contributed by atoms with Gasteiger partial charge in [-0.05, 0) is 31.3 Å². The fraction of sp³-hybridized carbons (Fsp3) is 0.267. The van der Waals surface area contributed by atoms with Crippen LogP contribution in [0.25, 0.3) is 0 Å². The highest BCUT2D eigenvalue weighted by Crippen LogP contribution is 2.21. The predicted octanol–water partition coefficient (Wildman–Crippen LogP) is 2.66. The molecule has 1 aromatic heterocycles. The van der Waals surface area contributed by atoms with E-state index >= 15 is 0 Å². The van der Waals surface area contributed by atoms with Crippen molar-refractivity contribution < 1.29 is 4.92 Å². The van der Waals surface area contributed by atoms with E-state index in [-0.39, 0.29) is 5.69 Å². The van der Waals surface area contributed by atoms with Crippen molar-refractivity contribution in [1.29, 1.82) is 0 Å². The molecule has 0 unspecified atom stereocenters. The summed E-state index contributed by atoms with van der Waals surface area (Å²) >= 11 is 0. The second-order valence-electron chi connectivity index (χ2n) is 4.99. The van der Waals surface area contributed by atoms with Crippen molar-refractivity contribution in [3.8, 4) is 0 Å². The van der Waals surface area contributed by atoms with Gasteiger partial charge in [-0.25, -0.2) is 4.98 Å². The maximum atomic E-state index is 11.0. The van der Waals surface area contributed by atoms with Gasteiger partial charge in [0.05, 0.1) is 4.92 Å². The lowest BCUT2D eigenvalue weighted by Gasteiger charge is -2.14. The molecule has 0 atom stereocenters. The summed E-state index contributed by atoms with van der Waals surface area (Å²) in [6.07, 6.45) is 1.54. The molecule has 0 radical (unpaired) electrons. The van der Waals surface area contributed by atoms with Crippen LogP contribution >= 0.6 is 0 Å². The Labute approximate surface area is 123 Å². The lowest BCUT2D eigenvalue weighted by molar-refractivity contribution is -0.384. The number of benzene rings is 1. The van der Waals surface area contributed by atoms with E-state index in [0.717, 1.165) is 12.1 Å². The summed E-state index contributed by atoms with van der Waals surface area (Å²) in [7, 11) is 4.02. The Bertz CT molecular complexity index is 629. The molecule has 1 heterocycles. The Kier molecular flexibility index (Phi) is 4.84. The van der Waals surface area contributed by atoms with Gasteiger partial charge in [-0.3, -0.25) is 10.1 Å². The molecule has 0 saturated carbocycles. The van der Waals surface area contributed by atoms with Gasteiger partial charge in [-0.15, -0.1) is 0 Å². The van der Waals surface area contributed by atoms with E-state index < -0.39 is 4.92 Å². The summed E-state index contributed by atoms with van der Waals surface area (Å²) in [5.74, 6) is 0.294. The first-order valence-electron chi connectivity index (χ1n) is 6.62. The third-order valence-corrected chi connectivity index (χ3v) is 3.03. The van der Waals surface area contributed by atoms with Crippen molar-refractivity contribution in [2.45, 2.75) is 13.1 Å². The first-order chi connectivity index (χ1) is 10.1. The number of nitro groups is 1. The number of hydrogen-bond donors (Lipinski definition) is 1. The molecule has 110 valence electrons. The van der Waals surface area contributed by atoms with Crippen LogP contribution in [0, 0.1) is 10.1 Å². The molecular formula is C15H18N4O2. The van der Waals surface area contributed by atoms with E-state index in [9.17, 15) is 10.1 Å². The van der Waals surface area contributed by atoms with Crippen LogP contribution in [0.5, 0.6) is 0 Å². The van der Waals surface area contributed by atoms with Crippen LogP contribution in [0.1, 0.15) is 11.1 Å². The van der Waals surface area contributed by atoms with Gasteiger partial charge in [0.25, 0.3) is 0 Å². The standard InChI is InChI=1S/C15H18N4O2/c1-18(2)11-13-7-4-3-6-12(13)10-17-15-14(19(20)21)8-5-9-16-15/h3-9H,10-11H2,1-2H3,(H,16,17). The van der Waals surface area contributed by atoms with Gasteiger partial charge in [-0.2, -0.15) is 0 Å². The zero-order chi connectivity index (χ0) is 15.2. The quantitative estimate of drug-likeness (QED) is 0.653. The smallest absolute Gasteiger partial charge is 0.311 e. The third kappa shape index (κ3) is 4.00. The highest BCUT2D eigenvalue weighted by Gasteiger charge is 2.14. The van der Waals surface area contributed by atoms with Crippen molar-refractivity contribution in [2.75, 3.05) is 19.4 Å². The van der Waals surface area contributed by atoms with Crippen LogP contribution in [0.15, 0.2) is 42.6 Å². The zero-order valence-corrected chi connectivity index (χ0v) is 12.1. The molecule has 1 aromatic carbocycles. The van der Waals surface area contributed by atoms with Gasteiger partial charge in [0.2, 0.25) is 5.82 Å². The number of hydrogen-bond acceptors (Lipinski definition) is 5. The maximum absolute atomic E-state index is 11.0. The number of nitrogens with one attached hydrogen (secondary N) is 1. The van der Waals surface area contributed by atoms with Crippen LogP contribution in [-0.2, 0) is 13.1 Å². The fourth-order valence-electron chi connectivity index (χ4n) is 2.08. The van der Waals surface area contributed by atoms with Crippen LogP contribution in [-0.4, -0.2) is 28.9 Å². The average Bonchev–Trinajstić information content (AvgIpc) is 2.46. The van der Waals surface area contributed by atoms with Gasteiger partial charge in [0, 0.05) is 25.4 Å². The van der Waals surface area contributed by atoms with Crippen molar-refractivity contribution in [2.24, 2.45) is 0 Å². The molecule has 0 bridgehead atoms. The van der Waals surface area contributed by atoms with Gasteiger partial charge in [0.1, 0.15) is 0 Å². The SMILES string of the molecule is CN(C)Cc1ccccc1CNc1ncccc1[N+](=O)[O-]. The summed E-state index contributed by atoms with van der Waals surface area (Å²) in [6.45, 7) is 1.32. The largest absolute Gasteiger partial charge is 0.360 e. The zero-order valence-electron chi connectivity index (χ0n) is 12.1. The van der Waals surface area contributed by atoms with Crippen molar-refractivity contribution in [1.82, 2.24) is 9.88 Å². The number of anilines is 1. The minimum Gasteiger partial charge on any atom is -0.360 e. The van der Waals surface area contributed by atoms with Crippen LogP contribution in [0.4, 0.5) is 11.5 Å². The van der Waals surface area contributed by atoms with Crippen LogP contribution < -0.4 is 5.32 Å². The molecule has 0 aliphatic rings. The molecule has 2 rings (SSSR count). The normalized spacial score (nSPS) is 10.6. The molecule has 21 heavy (non-hydrogen) atoms. The molecule has 6 heteroatoms. The minimum absolute atomic E-state index is 0.0115. The maximum Gasteiger partial charge on any atom is 0.311 e. The molecule has 1 N–H and O–H groups in total. The molecule has 0 amide bonds. The highest BCUT2D eigenvalue weighted by molar-refractivity contribution is 5.55. The van der Waals surface area contributed by atoms with Gasteiger partial charge < -0.3 is 10.2 Å². The van der Waals surface area contributed by atoms with E-state index in [2.05, 4.69) is 21.3 Å². The van der Waals surface area contributed by atoms with Gasteiger partial charge >= 0.3 is 5.69 Å². The second-order valence-corrected chi connectivity index (χ2v) is 4.99. The lowest BCUT2D eigenvalue weighted by atomic mass is 10.1. The van der Waals surface area contributed by atoms with E-state index in [1.165, 1.54) is 11.6 Å². The molecule has 0 fully saturated rings. The van der Waals surface area contributed by atoms with Crippen LogP contribution in [0.3, 0.4) is 0 Å². The summed E-state index contributed by atoms with van der Waals surface area (Å²) in [6, 6.07) is 11.0. The molecule has 2 aromatic rings. The van der Waals surface area contributed by atoms with E-state index in [1.54, 1.807) is 12.3 Å². The monoisotopic (exact) mass is 286 g/mol. The first kappa shape index (κ1) is 14.9. The van der Waals surface area contributed by atoms with E-state index in [4.69, 9.17) is 0 Å². The lowest BCUT2D eigenvalue weighted by Crippen LogP contribution is -2.14. The van der Waals surface area contributed by atoms with Crippen LogP contribution in [0.2, 0.25) is 0 Å². The van der Waals surface area contributed by atoms with E-state index in [1.807, 2.05) is 32.3 Å². The summed E-state index contributed by atoms with van der Waals surface area (Å²) in [5, 5.41) is 14.0. The molecule has 0 saturated heterocycles. The Morgan fingerprint density at radius 1 is 1.19 bits per heavy atom. The minimum atomic E-state index is -0.430. The number of nitrogens with zero attached hydrogens (tertiary/aromatic N) is 3. The number of rotatable bonds is 6. The Morgan fingerprint density at radius 2 is 1.90 bits per heavy atom.